The zero-order valence-corrected chi connectivity index (χ0v) is 13.4. The molecule has 3 rings (SSSR count). The molecule has 2 fully saturated rings. The lowest BCUT2D eigenvalue weighted by atomic mass is 9.78. The third-order valence-electron chi connectivity index (χ3n) is 4.91. The Morgan fingerprint density at radius 1 is 1.27 bits per heavy atom. The molecular formula is C17H24N2O3. The molecule has 1 N–H and O–H groups in total. The van der Waals surface area contributed by atoms with Crippen molar-refractivity contribution in [3.05, 3.63) is 23.8 Å². The molecule has 0 aliphatic carbocycles. The molecular weight excluding hydrogens is 280 g/mol. The van der Waals surface area contributed by atoms with Gasteiger partial charge in [0.05, 0.1) is 19.6 Å². The van der Waals surface area contributed by atoms with E-state index in [1.165, 1.54) is 0 Å². The van der Waals surface area contributed by atoms with Gasteiger partial charge in [0.15, 0.2) is 11.5 Å². The average molecular weight is 304 g/mol. The summed E-state index contributed by atoms with van der Waals surface area (Å²) in [7, 11) is 3.27. The molecule has 1 aromatic rings. The summed E-state index contributed by atoms with van der Waals surface area (Å²) in [6.07, 6.45) is 3.03. The molecule has 1 unspecified atom stereocenters. The smallest absolute Gasteiger partial charge is 0.230 e. The molecule has 1 spiro atoms. The first kappa shape index (κ1) is 15.2. The molecule has 120 valence electrons. The van der Waals surface area contributed by atoms with E-state index >= 15 is 0 Å². The van der Waals surface area contributed by atoms with Crippen molar-refractivity contribution in [1.29, 1.82) is 0 Å². The minimum Gasteiger partial charge on any atom is -0.493 e. The van der Waals surface area contributed by atoms with Gasteiger partial charge in [-0.05, 0) is 31.9 Å². The number of para-hydroxylation sites is 1. The van der Waals surface area contributed by atoms with E-state index in [1.54, 1.807) is 14.2 Å². The van der Waals surface area contributed by atoms with Crippen molar-refractivity contribution in [2.45, 2.75) is 25.8 Å². The number of amides is 1. The zero-order valence-electron chi connectivity index (χ0n) is 13.4. The number of hydrogen-bond acceptors (Lipinski definition) is 4. The first-order valence-corrected chi connectivity index (χ1v) is 7.90. The van der Waals surface area contributed by atoms with Crippen LogP contribution in [0.4, 0.5) is 0 Å². The standard InChI is InChI=1S/C17H24N2O3/c1-21-14-6-3-5-13(15(14)22-2)11-19-10-4-7-17(16(19)20)8-9-18-12-17/h3,5-6,18H,4,7-12H2,1-2H3. The topological polar surface area (TPSA) is 50.8 Å². The zero-order chi connectivity index (χ0) is 15.6. The Bertz CT molecular complexity index is 553. The van der Waals surface area contributed by atoms with Crippen LogP contribution in [0.15, 0.2) is 18.2 Å². The number of benzene rings is 1. The van der Waals surface area contributed by atoms with E-state index < -0.39 is 0 Å². The SMILES string of the molecule is COc1cccc(CN2CCCC3(CCNC3)C2=O)c1OC. The lowest BCUT2D eigenvalue weighted by Gasteiger charge is -2.39. The molecule has 5 nitrogen and oxygen atoms in total. The van der Waals surface area contributed by atoms with Crippen molar-refractivity contribution in [2.24, 2.45) is 5.41 Å². The number of hydrogen-bond donors (Lipinski definition) is 1. The molecule has 0 radical (unpaired) electrons. The van der Waals surface area contributed by atoms with Crippen LogP contribution in [0.1, 0.15) is 24.8 Å². The summed E-state index contributed by atoms with van der Waals surface area (Å²) in [6, 6.07) is 5.82. The summed E-state index contributed by atoms with van der Waals surface area (Å²) in [4.78, 5) is 14.9. The van der Waals surface area contributed by atoms with Crippen molar-refractivity contribution in [1.82, 2.24) is 10.2 Å². The third-order valence-corrected chi connectivity index (χ3v) is 4.91. The molecule has 1 aromatic carbocycles. The summed E-state index contributed by atoms with van der Waals surface area (Å²) in [5.74, 6) is 1.72. The Balaban J connectivity index is 1.82. The molecule has 2 heterocycles. The van der Waals surface area contributed by atoms with Crippen molar-refractivity contribution < 1.29 is 14.3 Å². The quantitative estimate of drug-likeness (QED) is 0.921. The van der Waals surface area contributed by atoms with Gasteiger partial charge in [0, 0.05) is 25.2 Å². The van der Waals surface area contributed by atoms with Crippen LogP contribution in [-0.2, 0) is 11.3 Å². The minimum absolute atomic E-state index is 0.176. The Morgan fingerprint density at radius 3 is 2.82 bits per heavy atom. The van der Waals surface area contributed by atoms with E-state index in [4.69, 9.17) is 9.47 Å². The molecule has 1 atom stereocenters. The number of methoxy groups -OCH3 is 2. The highest BCUT2D eigenvalue weighted by molar-refractivity contribution is 5.84. The second kappa shape index (κ2) is 6.16. The first-order valence-electron chi connectivity index (χ1n) is 7.90. The average Bonchev–Trinajstić information content (AvgIpc) is 3.01. The van der Waals surface area contributed by atoms with Gasteiger partial charge >= 0.3 is 0 Å². The van der Waals surface area contributed by atoms with Crippen molar-refractivity contribution in [3.63, 3.8) is 0 Å². The fourth-order valence-electron chi connectivity index (χ4n) is 3.73. The molecule has 0 bridgehead atoms. The largest absolute Gasteiger partial charge is 0.493 e. The maximum Gasteiger partial charge on any atom is 0.230 e. The highest BCUT2D eigenvalue weighted by atomic mass is 16.5. The van der Waals surface area contributed by atoms with Gasteiger partial charge in [-0.3, -0.25) is 4.79 Å². The van der Waals surface area contributed by atoms with Crippen LogP contribution in [0.25, 0.3) is 0 Å². The summed E-state index contributed by atoms with van der Waals surface area (Å²) >= 11 is 0. The highest BCUT2D eigenvalue weighted by Crippen LogP contribution is 2.38. The van der Waals surface area contributed by atoms with E-state index in [2.05, 4.69) is 5.32 Å². The predicted octanol–water partition coefficient (Wildman–Crippen LogP) is 1.81. The van der Waals surface area contributed by atoms with Gasteiger partial charge in [0.25, 0.3) is 0 Å². The maximum absolute atomic E-state index is 12.9. The lowest BCUT2D eigenvalue weighted by molar-refractivity contribution is -0.145. The number of rotatable bonds is 4. The third kappa shape index (κ3) is 2.54. The van der Waals surface area contributed by atoms with Gasteiger partial charge in [-0.15, -0.1) is 0 Å². The summed E-state index contributed by atoms with van der Waals surface area (Å²) in [5.41, 5.74) is 0.822. The van der Waals surface area contributed by atoms with Crippen LogP contribution in [0.3, 0.4) is 0 Å². The lowest BCUT2D eigenvalue weighted by Crippen LogP contribution is -2.49. The van der Waals surface area contributed by atoms with Gasteiger partial charge in [-0.1, -0.05) is 12.1 Å². The maximum atomic E-state index is 12.9. The fraction of sp³-hybridized carbons (Fsp3) is 0.588. The Hall–Kier alpha value is -1.75. The number of ether oxygens (including phenoxy) is 2. The molecule has 22 heavy (non-hydrogen) atoms. The van der Waals surface area contributed by atoms with E-state index in [0.29, 0.717) is 12.3 Å². The Labute approximate surface area is 131 Å². The van der Waals surface area contributed by atoms with Gasteiger partial charge < -0.3 is 19.7 Å². The molecule has 2 aliphatic heterocycles. The monoisotopic (exact) mass is 304 g/mol. The van der Waals surface area contributed by atoms with Crippen LogP contribution >= 0.6 is 0 Å². The second-order valence-corrected chi connectivity index (χ2v) is 6.19. The van der Waals surface area contributed by atoms with Gasteiger partial charge in [0.1, 0.15) is 0 Å². The molecule has 0 saturated carbocycles. The van der Waals surface area contributed by atoms with Crippen molar-refractivity contribution in [3.8, 4) is 11.5 Å². The first-order chi connectivity index (χ1) is 10.7. The van der Waals surface area contributed by atoms with Crippen LogP contribution in [0, 0.1) is 5.41 Å². The van der Waals surface area contributed by atoms with Crippen LogP contribution in [-0.4, -0.2) is 44.7 Å². The van der Waals surface area contributed by atoms with Gasteiger partial charge in [-0.2, -0.15) is 0 Å². The number of carbonyl (C=O) groups excluding carboxylic acids is 1. The van der Waals surface area contributed by atoms with Crippen LogP contribution in [0.2, 0.25) is 0 Å². The van der Waals surface area contributed by atoms with E-state index in [0.717, 1.165) is 50.2 Å². The highest BCUT2D eigenvalue weighted by Gasteiger charge is 2.45. The van der Waals surface area contributed by atoms with Crippen molar-refractivity contribution in [2.75, 3.05) is 33.9 Å². The molecule has 1 amide bonds. The molecule has 5 heteroatoms. The fourth-order valence-corrected chi connectivity index (χ4v) is 3.73. The van der Waals surface area contributed by atoms with Crippen LogP contribution in [0.5, 0.6) is 11.5 Å². The van der Waals surface area contributed by atoms with E-state index in [-0.39, 0.29) is 11.3 Å². The number of nitrogens with zero attached hydrogens (tertiary/aromatic N) is 1. The Kier molecular flexibility index (Phi) is 4.25. The number of carbonyl (C=O) groups is 1. The molecule has 2 aliphatic rings. The summed E-state index contributed by atoms with van der Waals surface area (Å²) in [6.45, 7) is 3.17. The Morgan fingerprint density at radius 2 is 2.14 bits per heavy atom. The predicted molar refractivity (Wildman–Crippen MR) is 84.1 cm³/mol. The number of piperidine rings is 1. The summed E-state index contributed by atoms with van der Waals surface area (Å²) < 4.78 is 10.8. The van der Waals surface area contributed by atoms with Crippen LogP contribution < -0.4 is 14.8 Å². The normalized spacial score (nSPS) is 24.8. The van der Waals surface area contributed by atoms with Gasteiger partial charge in [0.2, 0.25) is 5.91 Å². The van der Waals surface area contributed by atoms with Gasteiger partial charge in [-0.25, -0.2) is 0 Å². The molecule has 2 saturated heterocycles. The molecule has 0 aromatic heterocycles. The van der Waals surface area contributed by atoms with E-state index in [1.807, 2.05) is 23.1 Å². The number of nitrogens with one attached hydrogen (secondary N) is 1. The minimum atomic E-state index is -0.176. The summed E-state index contributed by atoms with van der Waals surface area (Å²) in [5, 5.41) is 3.35. The second-order valence-electron chi connectivity index (χ2n) is 6.19. The number of likely N-dealkylation sites (tertiary alicyclic amines) is 1. The van der Waals surface area contributed by atoms with E-state index in [9.17, 15) is 4.79 Å². The van der Waals surface area contributed by atoms with Crippen molar-refractivity contribution >= 4 is 5.91 Å².